The molecule has 0 rings (SSSR count). The van der Waals surface area contributed by atoms with Crippen LogP contribution in [0.3, 0.4) is 0 Å². The zero-order valence-corrected chi connectivity index (χ0v) is 7.38. The van der Waals surface area contributed by atoms with Gasteiger partial charge in [-0.15, -0.1) is 5.12 Å². The molecule has 58 valence electrons. The van der Waals surface area contributed by atoms with Crippen LogP contribution in [0.1, 0.15) is 0 Å². The minimum Gasteiger partial charge on any atom is -0.484 e. The van der Waals surface area contributed by atoms with Crippen molar-refractivity contribution in [1.82, 2.24) is 3.64 Å². The van der Waals surface area contributed by atoms with Crippen LogP contribution >= 0.6 is 22.9 Å². The lowest BCUT2D eigenvalue weighted by molar-refractivity contribution is -0.804. The molecule has 0 aliphatic heterocycles. The average Bonchev–Trinajstić information content (AvgIpc) is 1.99. The van der Waals surface area contributed by atoms with Crippen molar-refractivity contribution >= 4 is 35.3 Å². The van der Waals surface area contributed by atoms with Crippen molar-refractivity contribution in [3.8, 4) is 0 Å². The molecule has 0 heterocycles. The number of nitrogens with one attached hydrogen (secondary N) is 3. The maximum atomic E-state index is 10.6. The lowest BCUT2D eigenvalue weighted by Crippen LogP contribution is -3.15. The lowest BCUT2D eigenvalue weighted by Gasteiger charge is -2.12. The van der Waals surface area contributed by atoms with Gasteiger partial charge in [-0.25, -0.2) is 0 Å². The van der Waals surface area contributed by atoms with E-state index in [9.17, 15) is 4.79 Å². The van der Waals surface area contributed by atoms with Gasteiger partial charge in [0.15, 0.2) is 0 Å². The number of nitrogens with zero attached hydrogens (tertiary/aromatic N) is 1. The molecule has 10 heavy (non-hydrogen) atoms. The smallest absolute Gasteiger partial charge is 0.484 e. The Kier molecular flexibility index (Phi) is 5.16. The van der Waals surface area contributed by atoms with Gasteiger partial charge in [0.05, 0.1) is 30.0 Å². The zero-order chi connectivity index (χ0) is 7.98. The van der Waals surface area contributed by atoms with E-state index in [0.29, 0.717) is 0 Å². The van der Waals surface area contributed by atoms with Crippen LogP contribution in [-0.2, 0) is 4.74 Å². The van der Waals surface area contributed by atoms with Crippen LogP contribution in [-0.4, -0.2) is 19.5 Å². The van der Waals surface area contributed by atoms with Gasteiger partial charge in [0.1, 0.15) is 0 Å². The summed E-state index contributed by atoms with van der Waals surface area (Å²) in [7, 11) is 1.25. The first-order chi connectivity index (χ1) is 4.76. The second-order valence-corrected chi connectivity index (χ2v) is 1.73. The number of quaternary nitrogens is 1. The van der Waals surface area contributed by atoms with Gasteiger partial charge in [-0.2, -0.15) is 4.79 Å². The van der Waals surface area contributed by atoms with Gasteiger partial charge in [-0.3, -0.25) is 5.43 Å². The third-order valence-corrected chi connectivity index (χ3v) is 1.17. The average molecular weight is 258 g/mol. The number of carbonyl (C=O) groups is 1. The summed E-state index contributed by atoms with van der Waals surface area (Å²) in [6.07, 6.45) is 0.177. The fourth-order valence-electron chi connectivity index (χ4n) is 0.277. The molecule has 1 atom stereocenters. The molecule has 0 radical (unpaired) electrons. The van der Waals surface area contributed by atoms with Crippen LogP contribution in [0.5, 0.6) is 0 Å². The Morgan fingerprint density at radius 1 is 2.00 bits per heavy atom. The molecular formula is C3H7IN4O2. The number of amides is 1. The largest absolute Gasteiger partial charge is 0.545 e. The SMILES string of the molecule is COC(=O)[NH+]([N-]C=N)NI. The minimum absolute atomic E-state index is 0.0121. The quantitative estimate of drug-likeness (QED) is 0.208. The first kappa shape index (κ1) is 9.59. The first-order valence-corrected chi connectivity index (χ1v) is 3.35. The molecule has 1 unspecified atom stereocenters. The van der Waals surface area contributed by atoms with Crippen LogP contribution in [0.25, 0.3) is 5.43 Å². The Morgan fingerprint density at radius 3 is 2.90 bits per heavy atom. The Hall–Kier alpha value is -0.410. The number of ether oxygens (including phenoxy) is 1. The van der Waals surface area contributed by atoms with Crippen molar-refractivity contribution < 1.29 is 14.6 Å². The second kappa shape index (κ2) is 5.38. The Morgan fingerprint density at radius 2 is 2.60 bits per heavy atom. The highest BCUT2D eigenvalue weighted by atomic mass is 127. The predicted molar refractivity (Wildman–Crippen MR) is 42.7 cm³/mol. The van der Waals surface area contributed by atoms with E-state index in [0.717, 1.165) is 6.34 Å². The minimum atomic E-state index is -0.585. The maximum Gasteiger partial charge on any atom is 0.545 e. The molecule has 0 fully saturated rings. The lowest BCUT2D eigenvalue weighted by atomic mass is 11.1. The van der Waals surface area contributed by atoms with Crippen LogP contribution in [0, 0.1) is 5.41 Å². The number of carbonyl (C=O) groups excluding carboxylic acids is 1. The molecule has 0 aromatic rings. The van der Waals surface area contributed by atoms with E-state index in [-0.39, 0.29) is 5.12 Å². The summed E-state index contributed by atoms with van der Waals surface area (Å²) in [5, 5.41) is 6.55. The van der Waals surface area contributed by atoms with Gasteiger partial charge in [-0.1, -0.05) is 9.98 Å². The highest BCUT2D eigenvalue weighted by Gasteiger charge is 2.13. The first-order valence-electron chi connectivity index (χ1n) is 2.28. The number of hydrogen-bond acceptors (Lipinski definition) is 4. The van der Waals surface area contributed by atoms with E-state index in [4.69, 9.17) is 5.41 Å². The molecule has 0 bridgehead atoms. The molecule has 7 heteroatoms. The summed E-state index contributed by atoms with van der Waals surface area (Å²) in [5.41, 5.74) is 3.38. The molecule has 1 amide bonds. The summed E-state index contributed by atoms with van der Waals surface area (Å²) in [6.45, 7) is 0. The van der Waals surface area contributed by atoms with Crippen LogP contribution in [0.15, 0.2) is 0 Å². The van der Waals surface area contributed by atoms with Gasteiger partial charge in [0, 0.05) is 0 Å². The van der Waals surface area contributed by atoms with Crippen molar-refractivity contribution in [2.24, 2.45) is 0 Å². The van der Waals surface area contributed by atoms with Crippen molar-refractivity contribution in [2.45, 2.75) is 0 Å². The molecule has 0 aromatic carbocycles. The number of halogens is 1. The van der Waals surface area contributed by atoms with Crippen molar-refractivity contribution in [1.29, 1.82) is 5.41 Å². The van der Waals surface area contributed by atoms with Crippen molar-refractivity contribution in [2.75, 3.05) is 7.11 Å². The van der Waals surface area contributed by atoms with Crippen LogP contribution in [0.4, 0.5) is 4.79 Å². The molecule has 0 aromatic heterocycles. The summed E-state index contributed by atoms with van der Waals surface area (Å²) >= 11 is 1.73. The van der Waals surface area contributed by atoms with Gasteiger partial charge >= 0.3 is 6.09 Å². The standard InChI is InChI=1S/C3H7IN4O2/c1-10-3(9)8(7-4)6-2-5/h2,7-8H,1H3,(H-,5,6). The van der Waals surface area contributed by atoms with Gasteiger partial charge < -0.3 is 10.1 Å². The number of methoxy groups -OCH3 is 1. The number of hydrogen-bond donors (Lipinski definition) is 3. The Bertz CT molecular complexity index is 130. The summed E-state index contributed by atoms with van der Waals surface area (Å²) in [4.78, 5) is 10.6. The third-order valence-electron chi connectivity index (χ3n) is 0.662. The second-order valence-electron chi connectivity index (χ2n) is 1.19. The van der Waals surface area contributed by atoms with E-state index < -0.39 is 6.09 Å². The molecule has 0 spiro atoms. The summed E-state index contributed by atoms with van der Waals surface area (Å²) in [5.74, 6) is 0. The normalized spacial score (nSPS) is 11.8. The van der Waals surface area contributed by atoms with E-state index >= 15 is 0 Å². The van der Waals surface area contributed by atoms with Gasteiger partial charge in [-0.05, 0) is 0 Å². The van der Waals surface area contributed by atoms with Crippen LogP contribution in [0.2, 0.25) is 0 Å². The topological polar surface area (TPSA) is 80.7 Å². The van der Waals surface area contributed by atoms with E-state index in [1.807, 2.05) is 0 Å². The zero-order valence-electron chi connectivity index (χ0n) is 5.22. The third kappa shape index (κ3) is 2.94. The molecule has 3 N–H and O–H groups in total. The number of rotatable bonds is 3. The van der Waals surface area contributed by atoms with E-state index in [2.05, 4.69) is 13.8 Å². The van der Waals surface area contributed by atoms with E-state index in [1.54, 1.807) is 22.9 Å². The Labute approximate surface area is 71.8 Å². The molecular weight excluding hydrogens is 251 g/mol. The van der Waals surface area contributed by atoms with E-state index in [1.165, 1.54) is 7.11 Å². The highest BCUT2D eigenvalue weighted by molar-refractivity contribution is 14.1. The van der Waals surface area contributed by atoms with Gasteiger partial charge in [0.25, 0.3) is 0 Å². The fraction of sp³-hybridized carbons (Fsp3) is 0.333. The van der Waals surface area contributed by atoms with Crippen molar-refractivity contribution in [3.05, 3.63) is 5.43 Å². The maximum absolute atomic E-state index is 10.6. The highest BCUT2D eigenvalue weighted by Crippen LogP contribution is 1.68. The van der Waals surface area contributed by atoms with Crippen molar-refractivity contribution in [3.63, 3.8) is 0 Å². The van der Waals surface area contributed by atoms with Gasteiger partial charge in [0.2, 0.25) is 0 Å². The fourth-order valence-corrected chi connectivity index (χ4v) is 0.636. The predicted octanol–water partition coefficient (Wildman–Crippen LogP) is -0.612. The summed E-state index contributed by atoms with van der Waals surface area (Å²) in [6, 6.07) is 0. The van der Waals surface area contributed by atoms with Crippen LogP contribution < -0.4 is 8.76 Å². The molecule has 6 nitrogen and oxygen atoms in total. The summed E-state index contributed by atoms with van der Waals surface area (Å²) < 4.78 is 6.76. The monoisotopic (exact) mass is 258 g/mol. The molecule has 0 saturated carbocycles. The molecule has 0 aliphatic carbocycles. The molecule has 0 aliphatic rings. The Balaban J connectivity index is 3.79. The molecule has 0 saturated heterocycles.